The topological polar surface area (TPSA) is 51.6 Å². The van der Waals surface area contributed by atoms with E-state index in [-0.39, 0.29) is 23.7 Å². The lowest BCUT2D eigenvalue weighted by molar-refractivity contribution is 0.710. The average molecular weight is 995 g/mol. The maximum absolute atomic E-state index is 5.51. The third-order valence-electron chi connectivity index (χ3n) is 18.9. The molecule has 6 aliphatic carbocycles. The summed E-state index contributed by atoms with van der Waals surface area (Å²) in [6.07, 6.45) is 0. The number of hydrogen-bond acceptors (Lipinski definition) is 4. The van der Waals surface area contributed by atoms with Crippen molar-refractivity contribution in [2.75, 3.05) is 0 Å². The van der Waals surface area contributed by atoms with Crippen LogP contribution < -0.4 is 0 Å². The number of fused-ring (bicyclic) bond motifs is 4. The first-order valence-electron chi connectivity index (χ1n) is 27.5. The van der Waals surface area contributed by atoms with Gasteiger partial charge in [0.15, 0.2) is 0 Å². The summed E-state index contributed by atoms with van der Waals surface area (Å²) in [5.41, 5.74) is 32.4. The molecule has 2 heterocycles. The van der Waals surface area contributed by atoms with Gasteiger partial charge in [-0.1, -0.05) is 168 Å². The van der Waals surface area contributed by atoms with Crippen molar-refractivity contribution in [3.63, 3.8) is 0 Å². The molecule has 15 rings (SSSR count). The molecule has 4 bridgehead atoms. The second kappa shape index (κ2) is 16.9. The van der Waals surface area contributed by atoms with Crippen LogP contribution in [0.2, 0.25) is 33.2 Å². The first-order valence-corrected chi connectivity index (χ1v) is 32.0. The van der Waals surface area contributed by atoms with Crippen molar-refractivity contribution in [3.05, 3.63) is 200 Å². The van der Waals surface area contributed by atoms with Crippen LogP contribution in [0, 0.1) is 22.9 Å². The van der Waals surface area contributed by atoms with Crippen LogP contribution in [0.5, 0.6) is 0 Å². The molecule has 0 saturated heterocycles. The molecule has 4 unspecified atom stereocenters. The van der Waals surface area contributed by atoms with Crippen LogP contribution in [-0.4, -0.2) is 36.1 Å². The molecule has 74 heavy (non-hydrogen) atoms. The van der Waals surface area contributed by atoms with Gasteiger partial charge in [-0.15, -0.1) is 11.1 Å². The van der Waals surface area contributed by atoms with Gasteiger partial charge >= 0.3 is 0 Å². The van der Waals surface area contributed by atoms with Gasteiger partial charge < -0.3 is 0 Å². The Hall–Kier alpha value is -6.71. The fourth-order valence-corrected chi connectivity index (χ4v) is 26.1. The summed E-state index contributed by atoms with van der Waals surface area (Å²) in [4.78, 5) is 22.0. The second-order valence-corrected chi connectivity index (χ2v) is 35.2. The maximum atomic E-state index is 5.51. The molecule has 6 aliphatic rings. The van der Waals surface area contributed by atoms with E-state index in [9.17, 15) is 0 Å². The zero-order valence-corrected chi connectivity index (χ0v) is 47.1. The van der Waals surface area contributed by atoms with Gasteiger partial charge in [0.25, 0.3) is 0 Å². The predicted octanol–water partition coefficient (Wildman–Crippen LogP) is 17.0. The van der Waals surface area contributed by atoms with Gasteiger partial charge in [0.05, 0.1) is 68.5 Å². The summed E-state index contributed by atoms with van der Waals surface area (Å²) in [5, 5.41) is 4.80. The van der Waals surface area contributed by atoms with Crippen molar-refractivity contribution in [3.8, 4) is 22.9 Å². The fraction of sp³-hybridized carbons (Fsp3) is 0.324. The summed E-state index contributed by atoms with van der Waals surface area (Å²) in [7, 11) is -4.44. The molecule has 4 atom stereocenters. The van der Waals surface area contributed by atoms with Crippen LogP contribution in [0.3, 0.4) is 0 Å². The standard InChI is InChI=1S/C68H66N4Si2/c1-37(2)73(38(3)4,39(5)6)31-29-43-49-33-53-55(63-47-23-15-13-21-45(47)61(53)65-67(63)71-59-27-19-17-25-57(59)69-65)35-51(49)44(30-32-74(40(7)8,41(9)10)42(11)12)52-36-56-54(34-50(43)52)62-46-22-14-16-24-48(46)64(56)68-66(62)70-58-26-18-20-28-60(58)72-68/h13-28,33-42,61-64H,1-12H3. The summed E-state index contributed by atoms with van der Waals surface area (Å²) in [6, 6.07) is 45.2. The number of nitrogens with zero attached hydrogens (tertiary/aromatic N) is 4. The Morgan fingerprint density at radius 1 is 0.311 bits per heavy atom. The zero-order valence-electron chi connectivity index (χ0n) is 45.1. The molecule has 0 fully saturated rings. The summed E-state index contributed by atoms with van der Waals surface area (Å²) < 4.78 is 0. The summed E-state index contributed by atoms with van der Waals surface area (Å²) >= 11 is 0. The lowest BCUT2D eigenvalue weighted by Crippen LogP contribution is -2.43. The zero-order chi connectivity index (χ0) is 51.3. The molecule has 0 spiro atoms. The molecule has 0 amide bonds. The van der Waals surface area contributed by atoms with Gasteiger partial charge in [0, 0.05) is 11.1 Å². The molecule has 0 saturated carbocycles. The minimum absolute atomic E-state index is 0.0623. The Morgan fingerprint density at radius 3 is 0.743 bits per heavy atom. The molecule has 7 aromatic carbocycles. The summed E-state index contributed by atoms with van der Waals surface area (Å²) in [6.45, 7) is 29.2. The number of rotatable bonds is 6. The minimum atomic E-state index is -2.22. The van der Waals surface area contributed by atoms with E-state index >= 15 is 0 Å². The van der Waals surface area contributed by atoms with E-state index < -0.39 is 16.1 Å². The molecule has 0 radical (unpaired) electrons. The van der Waals surface area contributed by atoms with Crippen molar-refractivity contribution in [2.24, 2.45) is 0 Å². The van der Waals surface area contributed by atoms with E-state index in [0.717, 1.165) is 56.0 Å². The quantitative estimate of drug-likeness (QED) is 0.0946. The highest BCUT2D eigenvalue weighted by molar-refractivity contribution is 6.91. The lowest BCUT2D eigenvalue weighted by atomic mass is 9.63. The van der Waals surface area contributed by atoms with Crippen molar-refractivity contribution in [1.29, 1.82) is 0 Å². The smallest absolute Gasteiger partial charge is 0.146 e. The van der Waals surface area contributed by atoms with Crippen molar-refractivity contribution >= 4 is 59.8 Å². The van der Waals surface area contributed by atoms with Crippen LogP contribution in [0.1, 0.15) is 185 Å². The fourth-order valence-electron chi connectivity index (χ4n) is 15.7. The Bertz CT molecular complexity index is 3500. The number of aromatic nitrogens is 4. The van der Waals surface area contributed by atoms with Gasteiger partial charge in [0.2, 0.25) is 0 Å². The monoisotopic (exact) mass is 994 g/mol. The Labute approximate surface area is 439 Å². The normalized spacial score (nSPS) is 18.0. The molecule has 4 nitrogen and oxygen atoms in total. The van der Waals surface area contributed by atoms with E-state index in [2.05, 4.69) is 227 Å². The highest BCUT2D eigenvalue weighted by atomic mass is 28.3. The highest BCUT2D eigenvalue weighted by Gasteiger charge is 2.47. The molecular weight excluding hydrogens is 929 g/mol. The first-order chi connectivity index (χ1) is 35.6. The third kappa shape index (κ3) is 6.40. The van der Waals surface area contributed by atoms with Crippen molar-refractivity contribution in [2.45, 2.75) is 140 Å². The molecule has 0 aliphatic heterocycles. The Balaban J connectivity index is 1.20. The van der Waals surface area contributed by atoms with Gasteiger partial charge in [-0.05, 0) is 148 Å². The van der Waals surface area contributed by atoms with E-state index in [1.807, 2.05) is 0 Å². The molecule has 2 aromatic heterocycles. The number of para-hydroxylation sites is 4. The molecule has 0 N–H and O–H groups in total. The number of hydrogen-bond donors (Lipinski definition) is 0. The number of benzene rings is 7. The van der Waals surface area contributed by atoms with Crippen LogP contribution in [0.15, 0.2) is 121 Å². The maximum Gasteiger partial charge on any atom is 0.146 e. The van der Waals surface area contributed by atoms with Gasteiger partial charge in [0.1, 0.15) is 16.1 Å². The van der Waals surface area contributed by atoms with Crippen LogP contribution in [0.25, 0.3) is 43.6 Å². The van der Waals surface area contributed by atoms with Gasteiger partial charge in [-0.3, -0.25) is 0 Å². The average Bonchev–Trinajstić information content (AvgIpc) is 3.39. The van der Waals surface area contributed by atoms with Crippen molar-refractivity contribution < 1.29 is 0 Å². The van der Waals surface area contributed by atoms with E-state index in [1.54, 1.807) is 0 Å². The first kappa shape index (κ1) is 47.0. The van der Waals surface area contributed by atoms with E-state index in [0.29, 0.717) is 33.2 Å². The molecule has 9 aromatic rings. The van der Waals surface area contributed by atoms with Crippen molar-refractivity contribution in [1.82, 2.24) is 19.9 Å². The van der Waals surface area contributed by atoms with Crippen LogP contribution in [0.4, 0.5) is 0 Å². The van der Waals surface area contributed by atoms with Gasteiger partial charge in [-0.25, -0.2) is 19.9 Å². The third-order valence-corrected chi connectivity index (χ3v) is 31.5. The van der Waals surface area contributed by atoms with E-state index in [4.69, 9.17) is 19.9 Å². The molecule has 6 heteroatoms. The van der Waals surface area contributed by atoms with Gasteiger partial charge in [-0.2, -0.15) is 0 Å². The van der Waals surface area contributed by atoms with Crippen LogP contribution in [-0.2, 0) is 0 Å². The predicted molar refractivity (Wildman–Crippen MR) is 313 cm³/mol. The Morgan fingerprint density at radius 2 is 0.527 bits per heavy atom. The lowest BCUT2D eigenvalue weighted by Gasteiger charge is -2.41. The molecule has 366 valence electrons. The SMILES string of the molecule is CC(C)[Si](C#Cc1c2cc3c(cc2c(C#C[Si](C(C)C)(C(C)C)C(C)C)c2cc4c(cc12)C1c2ccccc2C4c2nc4ccccc4nc21)C1c2ccccc2C3c2nc3ccccc3nc21)(C(C)C)C(C)C. The van der Waals surface area contributed by atoms with Crippen LogP contribution >= 0.6 is 0 Å². The largest absolute Gasteiger partial charge is 0.248 e. The Kier molecular flexibility index (Phi) is 10.7. The minimum Gasteiger partial charge on any atom is -0.248 e. The summed E-state index contributed by atoms with van der Waals surface area (Å²) in [5.74, 6) is 8.18. The second-order valence-electron chi connectivity index (χ2n) is 24.1. The molecular formula is C68H66N4Si2. The highest BCUT2D eigenvalue weighted by Crippen LogP contribution is 2.59. The van der Waals surface area contributed by atoms with E-state index in [1.165, 1.54) is 66.1 Å².